The van der Waals surface area contributed by atoms with Gasteiger partial charge >= 0.3 is 0 Å². The lowest BCUT2D eigenvalue weighted by Gasteiger charge is -2.27. The van der Waals surface area contributed by atoms with Crippen LogP contribution < -0.4 is 5.32 Å². The van der Waals surface area contributed by atoms with Crippen LogP contribution in [0.2, 0.25) is 0 Å². The summed E-state index contributed by atoms with van der Waals surface area (Å²) in [5.41, 5.74) is 0. The Labute approximate surface area is 98.8 Å². The van der Waals surface area contributed by atoms with Crippen molar-refractivity contribution in [2.24, 2.45) is 11.8 Å². The van der Waals surface area contributed by atoms with Gasteiger partial charge in [-0.1, -0.05) is 26.2 Å². The van der Waals surface area contributed by atoms with Crippen molar-refractivity contribution in [3.63, 3.8) is 0 Å². The van der Waals surface area contributed by atoms with Crippen molar-refractivity contribution >= 4 is 11.8 Å². The maximum absolute atomic E-state index is 3.72. The van der Waals surface area contributed by atoms with Crippen LogP contribution in [-0.2, 0) is 0 Å². The molecular weight excluding hydrogens is 202 g/mol. The minimum atomic E-state index is 0.830. The smallest absolute Gasteiger partial charge is 0.0166 e. The summed E-state index contributed by atoms with van der Waals surface area (Å²) in [7, 11) is 0. The Morgan fingerprint density at radius 1 is 1.27 bits per heavy atom. The van der Waals surface area contributed by atoms with Gasteiger partial charge in [0.2, 0.25) is 0 Å². The van der Waals surface area contributed by atoms with Gasteiger partial charge < -0.3 is 5.32 Å². The first-order valence-corrected chi connectivity index (χ1v) is 7.81. The van der Waals surface area contributed by atoms with E-state index < -0.39 is 0 Å². The van der Waals surface area contributed by atoms with Crippen molar-refractivity contribution in [1.29, 1.82) is 0 Å². The average Bonchev–Trinajstić information content (AvgIpc) is 2.71. The zero-order chi connectivity index (χ0) is 10.5. The summed E-state index contributed by atoms with van der Waals surface area (Å²) in [6.07, 6.45) is 8.75. The molecule has 2 fully saturated rings. The quantitative estimate of drug-likeness (QED) is 0.791. The van der Waals surface area contributed by atoms with E-state index in [4.69, 9.17) is 0 Å². The van der Waals surface area contributed by atoms with E-state index in [1.54, 1.807) is 0 Å². The third-order valence-corrected chi connectivity index (χ3v) is 5.12. The van der Waals surface area contributed by atoms with Crippen molar-refractivity contribution in [2.75, 3.05) is 18.1 Å². The molecule has 2 aliphatic rings. The first kappa shape index (κ1) is 11.8. The summed E-state index contributed by atoms with van der Waals surface area (Å²) in [6.45, 7) is 3.69. The fraction of sp³-hybridized carbons (Fsp3) is 1.00. The Hall–Kier alpha value is 0.310. The van der Waals surface area contributed by atoms with E-state index in [-0.39, 0.29) is 0 Å². The molecule has 0 aromatic heterocycles. The molecule has 0 bridgehead atoms. The Morgan fingerprint density at radius 2 is 2.20 bits per heavy atom. The fourth-order valence-corrected chi connectivity index (χ4v) is 4.20. The number of hydrogen-bond donors (Lipinski definition) is 1. The molecule has 1 saturated heterocycles. The first-order valence-electron chi connectivity index (χ1n) is 6.65. The fourth-order valence-electron chi connectivity index (χ4n) is 3.01. The molecule has 88 valence electrons. The topological polar surface area (TPSA) is 12.0 Å². The van der Waals surface area contributed by atoms with Gasteiger partial charge in [-0.25, -0.2) is 0 Å². The van der Waals surface area contributed by atoms with Gasteiger partial charge in [0.25, 0.3) is 0 Å². The summed E-state index contributed by atoms with van der Waals surface area (Å²) < 4.78 is 0. The second-order valence-corrected chi connectivity index (χ2v) is 6.59. The molecule has 1 saturated carbocycles. The lowest BCUT2D eigenvalue weighted by molar-refractivity contribution is 0.265. The van der Waals surface area contributed by atoms with Crippen LogP contribution in [0.15, 0.2) is 0 Å². The zero-order valence-electron chi connectivity index (χ0n) is 10.0. The summed E-state index contributed by atoms with van der Waals surface area (Å²) >= 11 is 2.11. The van der Waals surface area contributed by atoms with E-state index in [2.05, 4.69) is 24.0 Å². The highest BCUT2D eigenvalue weighted by atomic mass is 32.2. The minimum absolute atomic E-state index is 0.830. The molecule has 1 N–H and O–H groups in total. The van der Waals surface area contributed by atoms with Gasteiger partial charge in [-0.2, -0.15) is 11.8 Å². The van der Waals surface area contributed by atoms with Crippen LogP contribution in [-0.4, -0.2) is 24.1 Å². The van der Waals surface area contributed by atoms with Crippen LogP contribution in [0.1, 0.15) is 45.4 Å². The Bertz CT molecular complexity index is 177. The van der Waals surface area contributed by atoms with Crippen LogP contribution in [0.25, 0.3) is 0 Å². The molecule has 0 amide bonds. The molecule has 1 heterocycles. The average molecular weight is 227 g/mol. The Balaban J connectivity index is 1.56. The van der Waals surface area contributed by atoms with Crippen LogP contribution >= 0.6 is 11.8 Å². The molecule has 1 nitrogen and oxygen atoms in total. The van der Waals surface area contributed by atoms with E-state index in [9.17, 15) is 0 Å². The number of hydrogen-bond acceptors (Lipinski definition) is 2. The molecular formula is C13H25NS. The van der Waals surface area contributed by atoms with Gasteiger partial charge in [0, 0.05) is 11.8 Å². The predicted octanol–water partition coefficient (Wildman–Crippen LogP) is 3.30. The number of thioether (sulfide) groups is 1. The molecule has 15 heavy (non-hydrogen) atoms. The van der Waals surface area contributed by atoms with Crippen molar-refractivity contribution in [1.82, 2.24) is 5.32 Å². The Morgan fingerprint density at radius 3 is 2.93 bits per heavy atom. The number of nitrogens with one attached hydrogen (secondary N) is 1. The van der Waals surface area contributed by atoms with Crippen molar-refractivity contribution in [2.45, 2.75) is 51.5 Å². The molecule has 1 aliphatic carbocycles. The summed E-state index contributed by atoms with van der Waals surface area (Å²) in [5, 5.41) is 3.72. The molecule has 0 aromatic rings. The lowest BCUT2D eigenvalue weighted by atomic mass is 9.81. The summed E-state index contributed by atoms with van der Waals surface area (Å²) in [5.74, 6) is 4.74. The van der Waals surface area contributed by atoms with Gasteiger partial charge in [0.15, 0.2) is 0 Å². The van der Waals surface area contributed by atoms with Crippen LogP contribution in [0.4, 0.5) is 0 Å². The van der Waals surface area contributed by atoms with Gasteiger partial charge in [-0.05, 0) is 43.4 Å². The van der Waals surface area contributed by atoms with Crippen molar-refractivity contribution in [3.8, 4) is 0 Å². The third-order valence-electron chi connectivity index (χ3n) is 3.96. The third kappa shape index (κ3) is 3.99. The van der Waals surface area contributed by atoms with Gasteiger partial charge in [-0.3, -0.25) is 0 Å². The summed E-state index contributed by atoms with van der Waals surface area (Å²) in [6, 6.07) is 0.830. The van der Waals surface area contributed by atoms with Gasteiger partial charge in [0.1, 0.15) is 0 Å². The highest BCUT2D eigenvalue weighted by molar-refractivity contribution is 7.99. The molecule has 0 aromatic carbocycles. The molecule has 3 atom stereocenters. The van der Waals surface area contributed by atoms with E-state index in [1.165, 1.54) is 56.6 Å². The standard InChI is InChI=1S/C13H25NS/c1-11-3-2-4-12(9-11)5-7-14-13-6-8-15-10-13/h11-14H,2-10H2,1H3. The minimum Gasteiger partial charge on any atom is -0.313 e. The maximum atomic E-state index is 3.72. The number of rotatable bonds is 4. The molecule has 1 aliphatic heterocycles. The van der Waals surface area contributed by atoms with Crippen LogP contribution in [0.5, 0.6) is 0 Å². The maximum Gasteiger partial charge on any atom is 0.0166 e. The van der Waals surface area contributed by atoms with E-state index in [1.807, 2.05) is 0 Å². The second-order valence-electron chi connectivity index (χ2n) is 5.44. The molecule has 0 spiro atoms. The molecule has 2 rings (SSSR count). The SMILES string of the molecule is CC1CCCC(CCNC2CCSC2)C1. The molecule has 3 unspecified atom stereocenters. The summed E-state index contributed by atoms with van der Waals surface area (Å²) in [4.78, 5) is 0. The molecule has 2 heteroatoms. The monoisotopic (exact) mass is 227 g/mol. The highest BCUT2D eigenvalue weighted by Gasteiger charge is 2.19. The normalized spacial score (nSPS) is 37.0. The van der Waals surface area contributed by atoms with E-state index in [0.717, 1.165) is 17.9 Å². The van der Waals surface area contributed by atoms with E-state index >= 15 is 0 Å². The van der Waals surface area contributed by atoms with Crippen LogP contribution in [0, 0.1) is 11.8 Å². The Kier molecular flexibility index (Phi) is 4.83. The van der Waals surface area contributed by atoms with E-state index in [0.29, 0.717) is 0 Å². The lowest BCUT2D eigenvalue weighted by Crippen LogP contribution is -2.31. The van der Waals surface area contributed by atoms with Gasteiger partial charge in [0.05, 0.1) is 0 Å². The van der Waals surface area contributed by atoms with Crippen LogP contribution in [0.3, 0.4) is 0 Å². The second kappa shape index (κ2) is 6.15. The largest absolute Gasteiger partial charge is 0.313 e. The van der Waals surface area contributed by atoms with Crippen molar-refractivity contribution in [3.05, 3.63) is 0 Å². The highest BCUT2D eigenvalue weighted by Crippen LogP contribution is 2.30. The van der Waals surface area contributed by atoms with Gasteiger partial charge in [-0.15, -0.1) is 0 Å². The zero-order valence-corrected chi connectivity index (χ0v) is 10.8. The van der Waals surface area contributed by atoms with Crippen molar-refractivity contribution < 1.29 is 0 Å². The first-order chi connectivity index (χ1) is 7.34. The predicted molar refractivity (Wildman–Crippen MR) is 69.5 cm³/mol. The molecule has 0 radical (unpaired) electrons.